The molecular formula is C12H22N4. The van der Waals surface area contributed by atoms with Crippen LogP contribution in [0.15, 0.2) is 6.33 Å². The maximum Gasteiger partial charge on any atom is 0.132 e. The van der Waals surface area contributed by atoms with E-state index in [0.29, 0.717) is 11.5 Å². The quantitative estimate of drug-likeness (QED) is 0.795. The first kappa shape index (κ1) is 11.6. The highest BCUT2D eigenvalue weighted by Crippen LogP contribution is 2.47. The van der Waals surface area contributed by atoms with Gasteiger partial charge in [0.15, 0.2) is 0 Å². The van der Waals surface area contributed by atoms with Crippen molar-refractivity contribution in [2.24, 2.45) is 5.41 Å². The number of nitrogens with zero attached hydrogens (tertiary/aromatic N) is 3. The molecule has 1 aromatic heterocycles. The summed E-state index contributed by atoms with van der Waals surface area (Å²) < 4.78 is 2.13. The molecule has 0 bridgehead atoms. The largest absolute Gasteiger partial charge is 0.316 e. The van der Waals surface area contributed by atoms with Gasteiger partial charge in [0.05, 0.1) is 0 Å². The highest BCUT2D eigenvalue weighted by atomic mass is 15.3. The van der Waals surface area contributed by atoms with Crippen molar-refractivity contribution < 1.29 is 0 Å². The highest BCUT2D eigenvalue weighted by Gasteiger charge is 2.41. The predicted molar refractivity (Wildman–Crippen MR) is 64.2 cm³/mol. The molecule has 1 unspecified atom stereocenters. The van der Waals surface area contributed by atoms with Crippen molar-refractivity contribution in [3.63, 3.8) is 0 Å². The zero-order chi connectivity index (χ0) is 11.6. The first-order valence-electron chi connectivity index (χ1n) is 6.26. The fourth-order valence-electron chi connectivity index (χ4n) is 2.02. The second-order valence-corrected chi connectivity index (χ2v) is 5.12. The van der Waals surface area contributed by atoms with Gasteiger partial charge in [-0.25, -0.2) is 0 Å². The summed E-state index contributed by atoms with van der Waals surface area (Å²) in [5.74, 6) is 1.08. The summed E-state index contributed by atoms with van der Waals surface area (Å²) in [5, 5.41) is 11.6. The molecule has 16 heavy (non-hydrogen) atoms. The Balaban J connectivity index is 1.75. The SMILES string of the molecule is CCc1nncn1CCNC(C)C1(C)CC1. The van der Waals surface area contributed by atoms with E-state index in [1.54, 1.807) is 0 Å². The molecule has 0 saturated heterocycles. The second-order valence-electron chi connectivity index (χ2n) is 5.12. The number of nitrogens with one attached hydrogen (secondary N) is 1. The maximum absolute atomic E-state index is 4.08. The van der Waals surface area contributed by atoms with Gasteiger partial charge in [-0.1, -0.05) is 13.8 Å². The summed E-state index contributed by atoms with van der Waals surface area (Å²) in [5.41, 5.74) is 0.556. The molecule has 1 aromatic rings. The van der Waals surface area contributed by atoms with E-state index in [9.17, 15) is 0 Å². The van der Waals surface area contributed by atoms with Crippen LogP contribution in [0.4, 0.5) is 0 Å². The van der Waals surface area contributed by atoms with E-state index in [4.69, 9.17) is 0 Å². The summed E-state index contributed by atoms with van der Waals surface area (Å²) in [6.07, 6.45) is 5.51. The van der Waals surface area contributed by atoms with Crippen molar-refractivity contribution in [3.8, 4) is 0 Å². The van der Waals surface area contributed by atoms with Crippen molar-refractivity contribution in [2.75, 3.05) is 6.54 Å². The summed E-state index contributed by atoms with van der Waals surface area (Å²) in [7, 11) is 0. The summed E-state index contributed by atoms with van der Waals surface area (Å²) in [6.45, 7) is 8.74. The van der Waals surface area contributed by atoms with E-state index in [0.717, 1.165) is 25.3 Å². The fourth-order valence-corrected chi connectivity index (χ4v) is 2.02. The summed E-state index contributed by atoms with van der Waals surface area (Å²) in [4.78, 5) is 0. The van der Waals surface area contributed by atoms with Crippen LogP contribution in [0.3, 0.4) is 0 Å². The number of aryl methyl sites for hydroxylation is 1. The highest BCUT2D eigenvalue weighted by molar-refractivity contribution is 4.96. The Hall–Kier alpha value is -0.900. The Morgan fingerprint density at radius 1 is 1.56 bits per heavy atom. The molecule has 1 aliphatic rings. The van der Waals surface area contributed by atoms with Crippen molar-refractivity contribution in [1.29, 1.82) is 0 Å². The molecule has 1 atom stereocenters. The Morgan fingerprint density at radius 2 is 2.31 bits per heavy atom. The first-order chi connectivity index (χ1) is 7.65. The van der Waals surface area contributed by atoms with E-state index in [-0.39, 0.29) is 0 Å². The molecule has 4 nitrogen and oxygen atoms in total. The lowest BCUT2D eigenvalue weighted by Crippen LogP contribution is -2.35. The van der Waals surface area contributed by atoms with Gasteiger partial charge in [-0.3, -0.25) is 0 Å². The van der Waals surface area contributed by atoms with Gasteiger partial charge in [0.2, 0.25) is 0 Å². The Bertz CT molecular complexity index is 341. The van der Waals surface area contributed by atoms with Gasteiger partial charge in [-0.2, -0.15) is 0 Å². The monoisotopic (exact) mass is 222 g/mol. The van der Waals surface area contributed by atoms with Crippen molar-refractivity contribution in [3.05, 3.63) is 12.2 Å². The van der Waals surface area contributed by atoms with Crippen LogP contribution >= 0.6 is 0 Å². The first-order valence-corrected chi connectivity index (χ1v) is 6.26. The van der Waals surface area contributed by atoms with Crippen LogP contribution in [0.1, 0.15) is 39.4 Å². The third kappa shape index (κ3) is 2.43. The topological polar surface area (TPSA) is 42.7 Å². The van der Waals surface area contributed by atoms with Crippen LogP contribution in [0.25, 0.3) is 0 Å². The van der Waals surface area contributed by atoms with Crippen molar-refractivity contribution in [2.45, 2.75) is 52.6 Å². The van der Waals surface area contributed by atoms with E-state index >= 15 is 0 Å². The molecule has 1 heterocycles. The molecule has 0 spiro atoms. The average molecular weight is 222 g/mol. The van der Waals surface area contributed by atoms with Crippen molar-refractivity contribution >= 4 is 0 Å². The Labute approximate surface area is 97.5 Å². The molecule has 1 fully saturated rings. The molecule has 0 radical (unpaired) electrons. The van der Waals surface area contributed by atoms with Gasteiger partial charge >= 0.3 is 0 Å². The van der Waals surface area contributed by atoms with Gasteiger partial charge in [0, 0.05) is 25.6 Å². The maximum atomic E-state index is 4.08. The van der Waals surface area contributed by atoms with Gasteiger partial charge in [-0.15, -0.1) is 10.2 Å². The third-order valence-electron chi connectivity index (χ3n) is 3.90. The molecule has 0 aliphatic heterocycles. The average Bonchev–Trinajstić information content (AvgIpc) is 2.87. The smallest absolute Gasteiger partial charge is 0.132 e. The number of aromatic nitrogens is 3. The molecule has 1 saturated carbocycles. The molecule has 1 aliphatic carbocycles. The Morgan fingerprint density at radius 3 is 2.94 bits per heavy atom. The van der Waals surface area contributed by atoms with Crippen LogP contribution in [0.2, 0.25) is 0 Å². The minimum atomic E-state index is 0.556. The number of hydrogen-bond acceptors (Lipinski definition) is 3. The molecule has 2 rings (SSSR count). The molecule has 4 heteroatoms. The molecule has 0 amide bonds. The van der Waals surface area contributed by atoms with Gasteiger partial charge < -0.3 is 9.88 Å². The van der Waals surface area contributed by atoms with Crippen LogP contribution in [0, 0.1) is 5.41 Å². The zero-order valence-corrected chi connectivity index (χ0v) is 10.5. The van der Waals surface area contributed by atoms with E-state index in [1.165, 1.54) is 12.8 Å². The van der Waals surface area contributed by atoms with Crippen molar-refractivity contribution in [1.82, 2.24) is 20.1 Å². The standard InChI is InChI=1S/C12H22N4/c1-4-11-15-14-9-16(11)8-7-13-10(2)12(3)5-6-12/h9-10,13H,4-8H2,1-3H3. The van der Waals surface area contributed by atoms with Crippen LogP contribution < -0.4 is 5.32 Å². The van der Waals surface area contributed by atoms with E-state index in [2.05, 4.69) is 40.9 Å². The molecule has 90 valence electrons. The third-order valence-corrected chi connectivity index (χ3v) is 3.90. The Kier molecular flexibility index (Phi) is 3.28. The van der Waals surface area contributed by atoms with E-state index in [1.807, 2.05) is 6.33 Å². The molecule has 0 aromatic carbocycles. The zero-order valence-electron chi connectivity index (χ0n) is 10.5. The number of hydrogen-bond donors (Lipinski definition) is 1. The number of rotatable bonds is 6. The van der Waals surface area contributed by atoms with Crippen LogP contribution in [0.5, 0.6) is 0 Å². The minimum Gasteiger partial charge on any atom is -0.316 e. The van der Waals surface area contributed by atoms with Gasteiger partial charge in [0.25, 0.3) is 0 Å². The summed E-state index contributed by atoms with van der Waals surface area (Å²) in [6, 6.07) is 0.619. The lowest BCUT2D eigenvalue weighted by atomic mass is 10.0. The fraction of sp³-hybridized carbons (Fsp3) is 0.833. The summed E-state index contributed by atoms with van der Waals surface area (Å²) >= 11 is 0. The molecular weight excluding hydrogens is 200 g/mol. The van der Waals surface area contributed by atoms with Gasteiger partial charge in [0.1, 0.15) is 12.2 Å². The van der Waals surface area contributed by atoms with Crippen LogP contribution in [-0.2, 0) is 13.0 Å². The predicted octanol–water partition coefficient (Wildman–Crippen LogP) is 1.62. The van der Waals surface area contributed by atoms with Gasteiger partial charge in [-0.05, 0) is 25.2 Å². The van der Waals surface area contributed by atoms with Crippen LogP contribution in [-0.4, -0.2) is 27.4 Å². The minimum absolute atomic E-state index is 0.556. The second kappa shape index (κ2) is 4.53. The lowest BCUT2D eigenvalue weighted by Gasteiger charge is -2.20. The van der Waals surface area contributed by atoms with E-state index < -0.39 is 0 Å². The lowest BCUT2D eigenvalue weighted by molar-refractivity contribution is 0.373. The molecule has 1 N–H and O–H groups in total. The normalized spacial score (nSPS) is 19.7.